The van der Waals surface area contributed by atoms with Crippen molar-refractivity contribution in [3.63, 3.8) is 0 Å². The van der Waals surface area contributed by atoms with E-state index >= 15 is 0 Å². The van der Waals surface area contributed by atoms with Gasteiger partial charge in [0.15, 0.2) is 0 Å². The Morgan fingerprint density at radius 3 is 2.94 bits per heavy atom. The Bertz CT molecular complexity index is 328. The van der Waals surface area contributed by atoms with E-state index in [2.05, 4.69) is 24.0 Å². The highest BCUT2D eigenvalue weighted by Gasteiger charge is 2.28. The maximum atomic E-state index is 6.30. The molecule has 88 valence electrons. The molecule has 0 bridgehead atoms. The number of hydrogen-bond donors (Lipinski definition) is 1. The third-order valence-electron chi connectivity index (χ3n) is 3.18. The molecule has 3 heteroatoms. The molecule has 3 nitrogen and oxygen atoms in total. The first-order valence-electron chi connectivity index (χ1n) is 6.02. The summed E-state index contributed by atoms with van der Waals surface area (Å²) in [7, 11) is 0. The minimum Gasteiger partial charge on any atom is -0.380 e. The molecule has 1 fully saturated rings. The Hall–Kier alpha value is -0.930. The molecule has 1 saturated heterocycles. The van der Waals surface area contributed by atoms with Crippen LogP contribution in [0.15, 0.2) is 18.3 Å². The van der Waals surface area contributed by atoms with Gasteiger partial charge in [0.25, 0.3) is 0 Å². The monoisotopic (exact) mass is 220 g/mol. The van der Waals surface area contributed by atoms with Crippen molar-refractivity contribution in [3.05, 3.63) is 29.6 Å². The Morgan fingerprint density at radius 1 is 1.50 bits per heavy atom. The first kappa shape index (κ1) is 11.6. The first-order valence-corrected chi connectivity index (χ1v) is 6.02. The van der Waals surface area contributed by atoms with Crippen LogP contribution in [0.1, 0.15) is 31.0 Å². The van der Waals surface area contributed by atoms with Gasteiger partial charge in [-0.25, -0.2) is 0 Å². The summed E-state index contributed by atoms with van der Waals surface area (Å²) in [5, 5.41) is 0. The number of nitrogens with zero attached hydrogens (tertiary/aromatic N) is 1. The van der Waals surface area contributed by atoms with Crippen molar-refractivity contribution in [1.82, 2.24) is 4.98 Å². The largest absolute Gasteiger partial charge is 0.380 e. The first-order chi connectivity index (χ1) is 7.72. The SMILES string of the molecule is CCc1ccc(CC2(N)CCCOC2)nc1. The van der Waals surface area contributed by atoms with Crippen molar-refractivity contribution in [2.45, 2.75) is 38.1 Å². The fraction of sp³-hybridized carbons (Fsp3) is 0.615. The van der Waals surface area contributed by atoms with Crippen LogP contribution < -0.4 is 5.73 Å². The second-order valence-corrected chi connectivity index (χ2v) is 4.71. The van der Waals surface area contributed by atoms with Crippen LogP contribution in [0.2, 0.25) is 0 Å². The van der Waals surface area contributed by atoms with Gasteiger partial charge in [0, 0.05) is 30.5 Å². The molecule has 0 aliphatic carbocycles. The van der Waals surface area contributed by atoms with Crippen LogP contribution in [0.25, 0.3) is 0 Å². The van der Waals surface area contributed by atoms with E-state index in [0.717, 1.165) is 38.0 Å². The second-order valence-electron chi connectivity index (χ2n) is 4.71. The van der Waals surface area contributed by atoms with Gasteiger partial charge in [0.1, 0.15) is 0 Å². The van der Waals surface area contributed by atoms with Gasteiger partial charge < -0.3 is 10.5 Å². The third kappa shape index (κ3) is 2.80. The third-order valence-corrected chi connectivity index (χ3v) is 3.18. The minimum absolute atomic E-state index is 0.209. The molecule has 0 amide bonds. The summed E-state index contributed by atoms with van der Waals surface area (Å²) in [6.45, 7) is 3.64. The summed E-state index contributed by atoms with van der Waals surface area (Å²) in [6, 6.07) is 4.22. The number of hydrogen-bond acceptors (Lipinski definition) is 3. The molecule has 1 unspecified atom stereocenters. The molecule has 2 rings (SSSR count). The molecule has 1 aliphatic heterocycles. The molecule has 0 aromatic carbocycles. The summed E-state index contributed by atoms with van der Waals surface area (Å²) < 4.78 is 5.45. The van der Waals surface area contributed by atoms with Crippen LogP contribution >= 0.6 is 0 Å². The Balaban J connectivity index is 2.01. The van der Waals surface area contributed by atoms with Crippen LogP contribution in [0.5, 0.6) is 0 Å². The molecule has 0 saturated carbocycles. The Labute approximate surface area is 97.0 Å². The van der Waals surface area contributed by atoms with E-state index in [9.17, 15) is 0 Å². The van der Waals surface area contributed by atoms with Crippen molar-refractivity contribution in [1.29, 1.82) is 0 Å². The van der Waals surface area contributed by atoms with E-state index in [4.69, 9.17) is 10.5 Å². The van der Waals surface area contributed by atoms with E-state index in [1.807, 2.05) is 6.20 Å². The van der Waals surface area contributed by atoms with Crippen LogP contribution in [-0.4, -0.2) is 23.7 Å². The lowest BCUT2D eigenvalue weighted by Gasteiger charge is -2.32. The van der Waals surface area contributed by atoms with Gasteiger partial charge in [-0.3, -0.25) is 4.98 Å². The predicted molar refractivity (Wildman–Crippen MR) is 64.3 cm³/mol. The predicted octanol–water partition coefficient (Wildman–Crippen LogP) is 1.69. The van der Waals surface area contributed by atoms with E-state index in [1.54, 1.807) is 0 Å². The highest BCUT2D eigenvalue weighted by Crippen LogP contribution is 2.20. The quantitative estimate of drug-likeness (QED) is 0.843. The molecule has 1 aromatic heterocycles. The number of pyridine rings is 1. The number of aryl methyl sites for hydroxylation is 1. The molecule has 1 atom stereocenters. The highest BCUT2D eigenvalue weighted by molar-refractivity contribution is 5.16. The molecule has 1 aromatic rings. The standard InChI is InChI=1S/C13H20N2O/c1-2-11-4-5-12(15-9-11)8-13(14)6-3-7-16-10-13/h4-5,9H,2-3,6-8,10,14H2,1H3. The van der Waals surface area contributed by atoms with Crippen molar-refractivity contribution in [2.75, 3.05) is 13.2 Å². The summed E-state index contributed by atoms with van der Waals surface area (Å²) in [4.78, 5) is 4.45. The topological polar surface area (TPSA) is 48.1 Å². The Kier molecular flexibility index (Phi) is 3.56. The second kappa shape index (κ2) is 4.93. The van der Waals surface area contributed by atoms with Gasteiger partial charge in [0.2, 0.25) is 0 Å². The lowest BCUT2D eigenvalue weighted by Crippen LogP contribution is -2.49. The van der Waals surface area contributed by atoms with Crippen LogP contribution in [0.3, 0.4) is 0 Å². The van der Waals surface area contributed by atoms with Gasteiger partial charge in [0.05, 0.1) is 6.61 Å². The van der Waals surface area contributed by atoms with E-state index in [1.165, 1.54) is 5.56 Å². The average Bonchev–Trinajstić information content (AvgIpc) is 2.30. The van der Waals surface area contributed by atoms with Crippen LogP contribution in [0.4, 0.5) is 0 Å². The summed E-state index contributed by atoms with van der Waals surface area (Å²) >= 11 is 0. The zero-order chi connectivity index (χ0) is 11.4. The zero-order valence-electron chi connectivity index (χ0n) is 9.91. The fourth-order valence-electron chi connectivity index (χ4n) is 2.14. The Morgan fingerprint density at radius 2 is 2.38 bits per heavy atom. The maximum Gasteiger partial charge on any atom is 0.0650 e. The molecule has 0 radical (unpaired) electrons. The molecular weight excluding hydrogens is 200 g/mol. The zero-order valence-corrected chi connectivity index (χ0v) is 9.91. The lowest BCUT2D eigenvalue weighted by atomic mass is 9.88. The van der Waals surface area contributed by atoms with E-state index in [-0.39, 0.29) is 5.54 Å². The molecule has 16 heavy (non-hydrogen) atoms. The molecule has 0 spiro atoms. The van der Waals surface area contributed by atoms with Crippen LogP contribution in [0, 0.1) is 0 Å². The normalized spacial score (nSPS) is 25.6. The van der Waals surface area contributed by atoms with E-state index < -0.39 is 0 Å². The number of aromatic nitrogens is 1. The number of rotatable bonds is 3. The minimum atomic E-state index is -0.209. The summed E-state index contributed by atoms with van der Waals surface area (Å²) in [6.07, 6.45) is 5.89. The summed E-state index contributed by atoms with van der Waals surface area (Å²) in [5.41, 5.74) is 8.43. The van der Waals surface area contributed by atoms with Gasteiger partial charge in [-0.1, -0.05) is 13.0 Å². The molecular formula is C13H20N2O. The summed E-state index contributed by atoms with van der Waals surface area (Å²) in [5.74, 6) is 0. The van der Waals surface area contributed by atoms with Gasteiger partial charge in [-0.05, 0) is 30.9 Å². The lowest BCUT2D eigenvalue weighted by molar-refractivity contribution is 0.0378. The number of nitrogens with two attached hydrogens (primary N) is 1. The van der Waals surface area contributed by atoms with Gasteiger partial charge in [-0.15, -0.1) is 0 Å². The fourth-order valence-corrected chi connectivity index (χ4v) is 2.14. The van der Waals surface area contributed by atoms with E-state index in [0.29, 0.717) is 6.61 Å². The van der Waals surface area contributed by atoms with Crippen molar-refractivity contribution in [3.8, 4) is 0 Å². The van der Waals surface area contributed by atoms with Gasteiger partial charge in [-0.2, -0.15) is 0 Å². The maximum absolute atomic E-state index is 6.30. The molecule has 2 N–H and O–H groups in total. The van der Waals surface area contributed by atoms with Gasteiger partial charge >= 0.3 is 0 Å². The molecule has 1 aliphatic rings. The average molecular weight is 220 g/mol. The van der Waals surface area contributed by atoms with Crippen LogP contribution in [-0.2, 0) is 17.6 Å². The number of ether oxygens (including phenoxy) is 1. The smallest absolute Gasteiger partial charge is 0.0650 e. The van der Waals surface area contributed by atoms with Crippen molar-refractivity contribution >= 4 is 0 Å². The molecule has 2 heterocycles. The highest BCUT2D eigenvalue weighted by atomic mass is 16.5. The van der Waals surface area contributed by atoms with Crippen molar-refractivity contribution in [2.24, 2.45) is 5.73 Å². The van der Waals surface area contributed by atoms with Crippen molar-refractivity contribution < 1.29 is 4.74 Å².